The van der Waals surface area contributed by atoms with Gasteiger partial charge in [0.2, 0.25) is 0 Å². The third-order valence-electron chi connectivity index (χ3n) is 5.43. The molecule has 1 heterocycles. The number of benzene rings is 2. The Kier molecular flexibility index (Phi) is 5.90. The van der Waals surface area contributed by atoms with Crippen molar-refractivity contribution in [2.75, 3.05) is 11.9 Å². The summed E-state index contributed by atoms with van der Waals surface area (Å²) in [5, 5.41) is 28.8. The first-order chi connectivity index (χ1) is 14.0. The van der Waals surface area contributed by atoms with E-state index in [0.717, 1.165) is 59.1 Å². The number of aromatic hydroxyl groups is 1. The highest BCUT2D eigenvalue weighted by atomic mass is 35.5. The topological polar surface area (TPSA) is 77.4 Å². The summed E-state index contributed by atoms with van der Waals surface area (Å²) in [6.45, 7) is 2.73. The molecular weight excluding hydrogens is 386 g/mol. The first-order valence-corrected chi connectivity index (χ1v) is 10.5. The van der Waals surface area contributed by atoms with Gasteiger partial charge < -0.3 is 20.8 Å². The van der Waals surface area contributed by atoms with E-state index >= 15 is 0 Å². The van der Waals surface area contributed by atoms with Gasteiger partial charge in [0.25, 0.3) is 0 Å². The number of aromatic nitrogens is 1. The second-order valence-electron chi connectivity index (χ2n) is 7.72. The smallest absolute Gasteiger partial charge is 0.123 e. The summed E-state index contributed by atoms with van der Waals surface area (Å²) >= 11 is 6.12. The molecule has 0 spiro atoms. The quantitative estimate of drug-likeness (QED) is 0.443. The average molecular weight is 412 g/mol. The van der Waals surface area contributed by atoms with E-state index in [1.807, 2.05) is 30.3 Å². The number of nitrogens with zero attached hydrogens (tertiary/aromatic N) is 1. The summed E-state index contributed by atoms with van der Waals surface area (Å²) in [4.78, 5) is 4.42. The minimum absolute atomic E-state index is 0.384. The minimum atomic E-state index is -0.428. The van der Waals surface area contributed by atoms with Gasteiger partial charge in [-0.2, -0.15) is 0 Å². The molecule has 0 fully saturated rings. The van der Waals surface area contributed by atoms with Crippen molar-refractivity contribution in [3.63, 3.8) is 0 Å². The molecule has 5 nitrogen and oxygen atoms in total. The van der Waals surface area contributed by atoms with Crippen LogP contribution >= 0.6 is 11.6 Å². The van der Waals surface area contributed by atoms with Crippen LogP contribution in [-0.4, -0.2) is 27.8 Å². The molecule has 4 N–H and O–H groups in total. The molecular formula is C23H26ClN3O2. The number of phenols is 1. The van der Waals surface area contributed by atoms with Gasteiger partial charge >= 0.3 is 0 Å². The molecule has 3 aromatic rings. The monoisotopic (exact) mass is 411 g/mol. The van der Waals surface area contributed by atoms with Crippen molar-refractivity contribution in [2.45, 2.75) is 45.3 Å². The van der Waals surface area contributed by atoms with Crippen molar-refractivity contribution in [2.24, 2.45) is 0 Å². The standard InChI is InChI=1S/C23H26ClN3O2/c1-14(28)12-25-13-15-10-22(17-4-2-3-5-18(17)23(15)29)27-20-8-9-26-21-11-16(24)6-7-19(20)21/h6-11,14,25,28-29H,2-5,12-13H2,1H3,(H,26,27). The molecule has 0 saturated heterocycles. The van der Waals surface area contributed by atoms with Gasteiger partial charge in [-0.15, -0.1) is 0 Å². The molecule has 1 aliphatic rings. The van der Waals surface area contributed by atoms with E-state index in [2.05, 4.69) is 15.6 Å². The van der Waals surface area contributed by atoms with Gasteiger partial charge in [0.05, 0.1) is 11.6 Å². The second kappa shape index (κ2) is 8.57. The van der Waals surface area contributed by atoms with E-state index in [0.29, 0.717) is 23.9 Å². The highest BCUT2D eigenvalue weighted by Gasteiger charge is 2.21. The van der Waals surface area contributed by atoms with Gasteiger partial charge in [-0.3, -0.25) is 4.98 Å². The summed E-state index contributed by atoms with van der Waals surface area (Å²) in [6.07, 6.45) is 5.38. The molecule has 0 aliphatic heterocycles. The van der Waals surface area contributed by atoms with Crippen LogP contribution in [0.2, 0.25) is 5.02 Å². The molecule has 1 atom stereocenters. The van der Waals surface area contributed by atoms with E-state index in [9.17, 15) is 10.2 Å². The van der Waals surface area contributed by atoms with Crippen molar-refractivity contribution in [3.8, 4) is 5.75 Å². The second-order valence-corrected chi connectivity index (χ2v) is 8.16. The molecule has 0 amide bonds. The first kappa shape index (κ1) is 20.0. The summed E-state index contributed by atoms with van der Waals surface area (Å²) in [5.41, 5.74) is 5.90. The third kappa shape index (κ3) is 4.32. The summed E-state index contributed by atoms with van der Waals surface area (Å²) in [7, 11) is 0. The Hall–Kier alpha value is -2.34. The highest BCUT2D eigenvalue weighted by Crippen LogP contribution is 2.39. The molecule has 29 heavy (non-hydrogen) atoms. The van der Waals surface area contributed by atoms with Crippen molar-refractivity contribution >= 4 is 33.9 Å². The molecule has 1 aliphatic carbocycles. The number of halogens is 1. The lowest BCUT2D eigenvalue weighted by molar-refractivity contribution is 0.191. The van der Waals surface area contributed by atoms with Gasteiger partial charge in [-0.25, -0.2) is 0 Å². The van der Waals surface area contributed by atoms with Crippen LogP contribution in [-0.2, 0) is 19.4 Å². The van der Waals surface area contributed by atoms with Crippen LogP contribution in [0.4, 0.5) is 11.4 Å². The maximum absolute atomic E-state index is 10.8. The van der Waals surface area contributed by atoms with Gasteiger partial charge in [0.1, 0.15) is 5.75 Å². The molecule has 6 heteroatoms. The van der Waals surface area contributed by atoms with Crippen molar-refractivity contribution in [1.82, 2.24) is 10.3 Å². The summed E-state index contributed by atoms with van der Waals surface area (Å²) in [5.74, 6) is 0.384. The highest BCUT2D eigenvalue weighted by molar-refractivity contribution is 6.31. The summed E-state index contributed by atoms with van der Waals surface area (Å²) < 4.78 is 0. The molecule has 0 radical (unpaired) electrons. The molecule has 1 aromatic heterocycles. The van der Waals surface area contributed by atoms with Crippen LogP contribution in [0, 0.1) is 0 Å². The first-order valence-electron chi connectivity index (χ1n) is 10.1. The van der Waals surface area contributed by atoms with Crippen LogP contribution in [0.1, 0.15) is 36.5 Å². The number of aliphatic hydroxyl groups is 1. The fraction of sp³-hybridized carbons (Fsp3) is 0.348. The lowest BCUT2D eigenvalue weighted by Gasteiger charge is -2.24. The molecule has 1 unspecified atom stereocenters. The molecule has 4 rings (SSSR count). The number of aliphatic hydroxyl groups excluding tert-OH is 1. The lowest BCUT2D eigenvalue weighted by Crippen LogP contribution is -2.24. The number of rotatable bonds is 6. The zero-order valence-corrected chi connectivity index (χ0v) is 17.3. The Morgan fingerprint density at radius 2 is 1.90 bits per heavy atom. The van der Waals surface area contributed by atoms with Crippen LogP contribution in [0.25, 0.3) is 10.9 Å². The number of hydrogen-bond acceptors (Lipinski definition) is 5. The predicted octanol–water partition coefficient (Wildman–Crippen LogP) is 4.69. The lowest BCUT2D eigenvalue weighted by atomic mass is 9.87. The van der Waals surface area contributed by atoms with Gasteiger partial charge in [-0.05, 0) is 74.1 Å². The maximum atomic E-state index is 10.8. The predicted molar refractivity (Wildman–Crippen MR) is 118 cm³/mol. The molecule has 0 bridgehead atoms. The zero-order valence-electron chi connectivity index (χ0n) is 16.5. The van der Waals surface area contributed by atoms with Gasteiger partial charge in [-0.1, -0.05) is 11.6 Å². The minimum Gasteiger partial charge on any atom is -0.507 e. The van der Waals surface area contributed by atoms with E-state index in [1.54, 1.807) is 13.1 Å². The molecule has 152 valence electrons. The average Bonchev–Trinajstić information content (AvgIpc) is 2.71. The van der Waals surface area contributed by atoms with Crippen LogP contribution < -0.4 is 10.6 Å². The Morgan fingerprint density at radius 3 is 2.69 bits per heavy atom. The van der Waals surface area contributed by atoms with Gasteiger partial charge in [0, 0.05) is 46.6 Å². The Balaban J connectivity index is 1.73. The molecule has 0 saturated carbocycles. The number of nitrogens with one attached hydrogen (secondary N) is 2. The molecule has 2 aromatic carbocycles. The fourth-order valence-corrected chi connectivity index (χ4v) is 4.19. The van der Waals surface area contributed by atoms with Crippen molar-refractivity contribution in [3.05, 3.63) is 58.2 Å². The Bertz CT molecular complexity index is 1040. The number of fused-ring (bicyclic) bond motifs is 2. The van der Waals surface area contributed by atoms with E-state index < -0.39 is 6.10 Å². The zero-order chi connectivity index (χ0) is 20.4. The van der Waals surface area contributed by atoms with E-state index in [4.69, 9.17) is 11.6 Å². The largest absolute Gasteiger partial charge is 0.507 e. The maximum Gasteiger partial charge on any atom is 0.123 e. The number of hydrogen-bond donors (Lipinski definition) is 4. The van der Waals surface area contributed by atoms with Crippen LogP contribution in [0.3, 0.4) is 0 Å². The number of pyridine rings is 1. The van der Waals surface area contributed by atoms with Crippen molar-refractivity contribution < 1.29 is 10.2 Å². The third-order valence-corrected chi connectivity index (χ3v) is 5.67. The SMILES string of the molecule is CC(O)CNCc1cc(Nc2ccnc3cc(Cl)ccc23)c2c(c1O)CCCC2. The summed E-state index contributed by atoms with van der Waals surface area (Å²) in [6, 6.07) is 9.69. The van der Waals surface area contributed by atoms with Crippen LogP contribution in [0.15, 0.2) is 36.5 Å². The van der Waals surface area contributed by atoms with E-state index in [1.165, 1.54) is 5.56 Å². The Labute approximate surface area is 175 Å². The van der Waals surface area contributed by atoms with Gasteiger partial charge in [0.15, 0.2) is 0 Å². The van der Waals surface area contributed by atoms with Crippen LogP contribution in [0.5, 0.6) is 5.75 Å². The normalized spacial score (nSPS) is 14.6. The number of phenolic OH excluding ortho intramolecular Hbond substituents is 1. The Morgan fingerprint density at radius 1 is 1.10 bits per heavy atom. The van der Waals surface area contributed by atoms with E-state index in [-0.39, 0.29) is 0 Å². The van der Waals surface area contributed by atoms with Crippen molar-refractivity contribution in [1.29, 1.82) is 0 Å². The fourth-order valence-electron chi connectivity index (χ4n) is 4.02. The number of anilines is 2.